The van der Waals surface area contributed by atoms with Gasteiger partial charge in [-0.15, -0.1) is 10.2 Å². The van der Waals surface area contributed by atoms with E-state index >= 15 is 0 Å². The summed E-state index contributed by atoms with van der Waals surface area (Å²) < 4.78 is 17.8. The lowest BCUT2D eigenvalue weighted by Gasteiger charge is -2.06. The van der Waals surface area contributed by atoms with E-state index in [-0.39, 0.29) is 11.6 Å². The summed E-state index contributed by atoms with van der Waals surface area (Å²) in [5, 5.41) is 17.7. The summed E-state index contributed by atoms with van der Waals surface area (Å²) in [6.07, 6.45) is 0. The van der Waals surface area contributed by atoms with E-state index in [2.05, 4.69) is 10.2 Å². The Kier molecular flexibility index (Phi) is 3.89. The minimum Gasteiger partial charge on any atom is -0.481 e. The molecule has 25 heavy (non-hydrogen) atoms. The van der Waals surface area contributed by atoms with Crippen molar-refractivity contribution in [1.82, 2.24) is 19.2 Å². The average molecular weight is 356 g/mol. The lowest BCUT2D eigenvalue weighted by atomic mass is 10.2. The number of fused-ring (bicyclic) bond motifs is 3. The number of halogens is 1. The minimum absolute atomic E-state index is 0.104. The molecule has 4 rings (SSSR count). The minimum atomic E-state index is -0.920. The maximum absolute atomic E-state index is 14.1. The van der Waals surface area contributed by atoms with E-state index in [9.17, 15) is 9.18 Å². The number of imidazole rings is 1. The summed E-state index contributed by atoms with van der Waals surface area (Å²) in [6.45, 7) is 0.311. The Bertz CT molecular complexity index is 1090. The molecule has 0 unspecified atom stereocenters. The highest BCUT2D eigenvalue weighted by Gasteiger charge is 2.18. The average Bonchev–Trinajstić information content (AvgIpc) is 3.15. The zero-order chi connectivity index (χ0) is 17.4. The van der Waals surface area contributed by atoms with Crippen molar-refractivity contribution < 1.29 is 14.3 Å². The van der Waals surface area contributed by atoms with E-state index in [0.717, 1.165) is 22.8 Å². The summed E-state index contributed by atoms with van der Waals surface area (Å²) in [6, 6.07) is 14.2. The van der Waals surface area contributed by atoms with Crippen LogP contribution in [0.25, 0.3) is 16.8 Å². The smallest absolute Gasteiger partial charge is 0.313 e. The van der Waals surface area contributed by atoms with Crippen LogP contribution in [0.4, 0.5) is 4.39 Å². The highest BCUT2D eigenvalue weighted by Crippen LogP contribution is 2.26. The molecule has 2 heterocycles. The number of aromatic nitrogens is 4. The van der Waals surface area contributed by atoms with Crippen LogP contribution in [0.3, 0.4) is 0 Å². The molecule has 126 valence electrons. The number of aliphatic carboxylic acids is 1. The lowest BCUT2D eigenvalue weighted by molar-refractivity contribution is -0.133. The molecule has 8 heteroatoms. The number of thioether (sulfide) groups is 1. The van der Waals surface area contributed by atoms with Gasteiger partial charge < -0.3 is 9.67 Å². The molecule has 0 amide bonds. The second kappa shape index (κ2) is 6.21. The zero-order valence-electron chi connectivity index (χ0n) is 13.0. The molecule has 4 aromatic rings. The van der Waals surface area contributed by atoms with Gasteiger partial charge in [0.15, 0.2) is 5.16 Å². The Balaban J connectivity index is 1.88. The first-order valence-electron chi connectivity index (χ1n) is 7.55. The van der Waals surface area contributed by atoms with Crippen molar-refractivity contribution in [3.8, 4) is 0 Å². The molecule has 0 atom stereocenters. The second-order valence-corrected chi connectivity index (χ2v) is 6.41. The fourth-order valence-corrected chi connectivity index (χ4v) is 3.47. The maximum atomic E-state index is 14.1. The van der Waals surface area contributed by atoms with Crippen molar-refractivity contribution in [2.45, 2.75) is 11.7 Å². The van der Waals surface area contributed by atoms with E-state index in [0.29, 0.717) is 23.0 Å². The van der Waals surface area contributed by atoms with Crippen molar-refractivity contribution in [3.05, 3.63) is 59.9 Å². The molecule has 0 spiro atoms. The van der Waals surface area contributed by atoms with Crippen molar-refractivity contribution in [3.63, 3.8) is 0 Å². The molecule has 6 nitrogen and oxygen atoms in total. The van der Waals surface area contributed by atoms with Gasteiger partial charge in [-0.25, -0.2) is 4.39 Å². The Morgan fingerprint density at radius 2 is 1.80 bits per heavy atom. The third-order valence-electron chi connectivity index (χ3n) is 3.88. The SMILES string of the molecule is O=C(O)CSc1nnc2n(Cc3ccccc3F)c3ccccc3n12. The largest absolute Gasteiger partial charge is 0.481 e. The van der Waals surface area contributed by atoms with E-state index in [1.807, 2.05) is 33.2 Å². The number of rotatable bonds is 5. The molecule has 0 aliphatic rings. The number of carbonyl (C=O) groups is 1. The molecule has 1 N–H and O–H groups in total. The first kappa shape index (κ1) is 15.6. The topological polar surface area (TPSA) is 72.4 Å². The summed E-state index contributed by atoms with van der Waals surface area (Å²) >= 11 is 1.10. The molecule has 0 saturated heterocycles. The predicted molar refractivity (Wildman–Crippen MR) is 92.3 cm³/mol. The van der Waals surface area contributed by atoms with Crippen molar-refractivity contribution in [2.24, 2.45) is 0 Å². The third kappa shape index (κ3) is 2.74. The first-order chi connectivity index (χ1) is 12.1. The van der Waals surface area contributed by atoms with Crippen LogP contribution in [0.5, 0.6) is 0 Å². The number of nitrogens with zero attached hydrogens (tertiary/aromatic N) is 4. The number of para-hydroxylation sites is 2. The van der Waals surface area contributed by atoms with Crippen LogP contribution in [0.15, 0.2) is 53.7 Å². The molecule has 0 bridgehead atoms. The molecule has 2 aromatic carbocycles. The highest BCUT2D eigenvalue weighted by molar-refractivity contribution is 7.99. The monoisotopic (exact) mass is 356 g/mol. The fraction of sp³-hybridized carbons (Fsp3) is 0.118. The summed E-state index contributed by atoms with van der Waals surface area (Å²) in [4.78, 5) is 10.9. The zero-order valence-corrected chi connectivity index (χ0v) is 13.8. The quantitative estimate of drug-likeness (QED) is 0.557. The maximum Gasteiger partial charge on any atom is 0.313 e. The van der Waals surface area contributed by atoms with E-state index in [4.69, 9.17) is 5.11 Å². The number of carboxylic acid groups (broad SMARTS) is 1. The van der Waals surface area contributed by atoms with Crippen LogP contribution >= 0.6 is 11.8 Å². The molecule has 0 radical (unpaired) electrons. The van der Waals surface area contributed by atoms with Gasteiger partial charge in [0.25, 0.3) is 0 Å². The van der Waals surface area contributed by atoms with Gasteiger partial charge in [-0.05, 0) is 18.2 Å². The van der Waals surface area contributed by atoms with E-state index in [1.165, 1.54) is 6.07 Å². The lowest BCUT2D eigenvalue weighted by Crippen LogP contribution is -2.02. The summed E-state index contributed by atoms with van der Waals surface area (Å²) in [5.74, 6) is -0.749. The first-order valence-corrected chi connectivity index (χ1v) is 8.54. The normalized spacial score (nSPS) is 11.4. The van der Waals surface area contributed by atoms with Gasteiger partial charge in [0.2, 0.25) is 5.78 Å². The Morgan fingerprint density at radius 1 is 1.08 bits per heavy atom. The van der Waals surface area contributed by atoms with E-state index in [1.54, 1.807) is 18.2 Å². The Labute approximate surface area is 145 Å². The molecule has 0 aliphatic carbocycles. The molecular formula is C17H13FN4O2S. The van der Waals surface area contributed by atoms with Crippen molar-refractivity contribution in [1.29, 1.82) is 0 Å². The molecule has 0 fully saturated rings. The van der Waals surface area contributed by atoms with Gasteiger partial charge in [-0.3, -0.25) is 9.20 Å². The molecule has 2 aromatic heterocycles. The van der Waals surface area contributed by atoms with Crippen molar-refractivity contribution >= 4 is 34.5 Å². The van der Waals surface area contributed by atoms with Crippen LogP contribution < -0.4 is 0 Å². The number of hydrogen-bond acceptors (Lipinski definition) is 4. The molecule has 0 aliphatic heterocycles. The van der Waals surface area contributed by atoms with Gasteiger partial charge >= 0.3 is 5.97 Å². The second-order valence-electron chi connectivity index (χ2n) is 5.47. The van der Waals surface area contributed by atoms with E-state index < -0.39 is 5.97 Å². The van der Waals surface area contributed by atoms with Crippen LogP contribution in [0.1, 0.15) is 5.56 Å². The standard InChI is InChI=1S/C17H13FN4O2S/c18-12-6-2-1-5-11(12)9-21-13-7-3-4-8-14(13)22-16(21)19-20-17(22)25-10-15(23)24/h1-8H,9-10H2,(H,23,24). The fourth-order valence-electron chi connectivity index (χ4n) is 2.81. The van der Waals surface area contributed by atoms with Crippen LogP contribution in [-0.4, -0.2) is 36.0 Å². The van der Waals surface area contributed by atoms with Crippen LogP contribution in [-0.2, 0) is 11.3 Å². The summed E-state index contributed by atoms with van der Waals surface area (Å²) in [5.41, 5.74) is 2.29. The Hall–Kier alpha value is -2.87. The van der Waals surface area contributed by atoms with Crippen LogP contribution in [0, 0.1) is 5.82 Å². The number of carboxylic acids is 1. The van der Waals surface area contributed by atoms with Crippen LogP contribution in [0.2, 0.25) is 0 Å². The van der Waals surface area contributed by atoms with Gasteiger partial charge in [-0.1, -0.05) is 42.1 Å². The van der Waals surface area contributed by atoms with Gasteiger partial charge in [0, 0.05) is 5.56 Å². The highest BCUT2D eigenvalue weighted by atomic mass is 32.2. The number of hydrogen-bond donors (Lipinski definition) is 1. The van der Waals surface area contributed by atoms with Gasteiger partial charge in [-0.2, -0.15) is 0 Å². The Morgan fingerprint density at radius 3 is 2.56 bits per heavy atom. The van der Waals surface area contributed by atoms with Crippen molar-refractivity contribution in [2.75, 3.05) is 5.75 Å². The molecular weight excluding hydrogens is 343 g/mol. The number of benzene rings is 2. The molecule has 0 saturated carbocycles. The predicted octanol–water partition coefficient (Wildman–Crippen LogP) is 3.05. The van der Waals surface area contributed by atoms with Gasteiger partial charge in [0.1, 0.15) is 5.82 Å². The van der Waals surface area contributed by atoms with Gasteiger partial charge in [0.05, 0.1) is 23.3 Å². The summed E-state index contributed by atoms with van der Waals surface area (Å²) in [7, 11) is 0. The third-order valence-corrected chi connectivity index (χ3v) is 4.80.